The van der Waals surface area contributed by atoms with Crippen molar-refractivity contribution in [3.05, 3.63) is 59.9 Å². The molecule has 1 aromatic heterocycles. The number of nitrogens with one attached hydrogen (secondary N) is 2. The average Bonchev–Trinajstić information content (AvgIpc) is 3.23. The van der Waals surface area contributed by atoms with E-state index in [0.29, 0.717) is 36.0 Å². The second kappa shape index (κ2) is 8.40. The van der Waals surface area contributed by atoms with Gasteiger partial charge < -0.3 is 24.5 Å². The molecule has 176 valence electrons. The first-order chi connectivity index (χ1) is 16.3. The molecule has 4 amide bonds. The number of imide groups is 1. The van der Waals surface area contributed by atoms with E-state index in [4.69, 9.17) is 13.9 Å². The Kier molecular flexibility index (Phi) is 5.39. The zero-order chi connectivity index (χ0) is 23.9. The maximum absolute atomic E-state index is 13.3. The van der Waals surface area contributed by atoms with E-state index in [0.717, 1.165) is 22.3 Å². The third kappa shape index (κ3) is 3.83. The van der Waals surface area contributed by atoms with E-state index in [1.54, 1.807) is 32.0 Å². The van der Waals surface area contributed by atoms with Crippen molar-refractivity contribution in [3.63, 3.8) is 0 Å². The Balaban J connectivity index is 1.29. The van der Waals surface area contributed by atoms with Crippen LogP contribution in [-0.2, 0) is 15.1 Å². The van der Waals surface area contributed by atoms with Crippen molar-refractivity contribution in [1.82, 2.24) is 15.5 Å². The molecule has 1 fully saturated rings. The number of nitrogens with zero attached hydrogens (tertiary/aromatic N) is 1. The molecule has 2 N–H and O–H groups in total. The van der Waals surface area contributed by atoms with Gasteiger partial charge in [0.25, 0.3) is 5.91 Å². The van der Waals surface area contributed by atoms with Crippen molar-refractivity contribution < 1.29 is 28.3 Å². The second-order valence-corrected chi connectivity index (χ2v) is 8.63. The summed E-state index contributed by atoms with van der Waals surface area (Å²) in [6.07, 6.45) is 0.756. The molecule has 0 aliphatic carbocycles. The summed E-state index contributed by atoms with van der Waals surface area (Å²) in [5.74, 6) is 0.716. The Morgan fingerprint density at radius 1 is 1.12 bits per heavy atom. The molecule has 5 rings (SSSR count). The molecule has 0 saturated carbocycles. The number of urea groups is 1. The summed E-state index contributed by atoms with van der Waals surface area (Å²) in [4.78, 5) is 39.5. The van der Waals surface area contributed by atoms with Gasteiger partial charge in [-0.3, -0.25) is 14.5 Å². The van der Waals surface area contributed by atoms with Crippen molar-refractivity contribution >= 4 is 28.8 Å². The normalized spacial score (nSPS) is 20.7. The van der Waals surface area contributed by atoms with Crippen LogP contribution in [0, 0.1) is 0 Å². The summed E-state index contributed by atoms with van der Waals surface area (Å²) in [5, 5.41) is 6.45. The first-order valence-electron chi connectivity index (χ1n) is 11.2. The molecule has 2 aromatic carbocycles. The van der Waals surface area contributed by atoms with E-state index in [2.05, 4.69) is 10.6 Å². The summed E-state index contributed by atoms with van der Waals surface area (Å²) in [5.41, 5.74) is -0.0564. The van der Waals surface area contributed by atoms with Crippen LogP contribution in [-0.4, -0.2) is 42.5 Å². The van der Waals surface area contributed by atoms with E-state index in [1.807, 2.05) is 30.3 Å². The Morgan fingerprint density at radius 3 is 2.68 bits per heavy atom. The van der Waals surface area contributed by atoms with Crippen molar-refractivity contribution in [2.75, 3.05) is 19.8 Å². The summed E-state index contributed by atoms with van der Waals surface area (Å²) in [7, 11) is 0. The lowest BCUT2D eigenvalue weighted by Crippen LogP contribution is -2.43. The van der Waals surface area contributed by atoms with Gasteiger partial charge in [0.05, 0.1) is 19.3 Å². The number of fused-ring (bicyclic) bond motifs is 2. The van der Waals surface area contributed by atoms with Crippen LogP contribution < -0.4 is 20.1 Å². The first kappa shape index (κ1) is 21.8. The molecule has 2 aliphatic heterocycles. The minimum Gasteiger partial charge on any atom is -0.490 e. The number of hydrogen-bond acceptors (Lipinski definition) is 6. The van der Waals surface area contributed by atoms with Gasteiger partial charge >= 0.3 is 6.03 Å². The number of benzene rings is 2. The van der Waals surface area contributed by atoms with Crippen LogP contribution in [0.1, 0.15) is 37.6 Å². The van der Waals surface area contributed by atoms with E-state index < -0.39 is 36.0 Å². The maximum Gasteiger partial charge on any atom is 0.325 e. The third-order valence-corrected chi connectivity index (χ3v) is 6.15. The van der Waals surface area contributed by atoms with Gasteiger partial charge in [-0.05, 0) is 43.7 Å². The fourth-order valence-corrected chi connectivity index (χ4v) is 4.23. The number of carbonyl (C=O) groups excluding carboxylic acids is 3. The molecule has 9 heteroatoms. The smallest absolute Gasteiger partial charge is 0.325 e. The van der Waals surface area contributed by atoms with Gasteiger partial charge in [-0.1, -0.05) is 24.3 Å². The minimum absolute atomic E-state index is 0.407. The zero-order valence-electron chi connectivity index (χ0n) is 18.9. The molecule has 2 aliphatic rings. The van der Waals surface area contributed by atoms with Gasteiger partial charge in [-0.15, -0.1) is 0 Å². The largest absolute Gasteiger partial charge is 0.490 e. The van der Waals surface area contributed by atoms with Gasteiger partial charge in [-0.2, -0.15) is 0 Å². The fourth-order valence-electron chi connectivity index (χ4n) is 4.23. The molecular weight excluding hydrogens is 438 g/mol. The molecule has 0 bridgehead atoms. The molecule has 34 heavy (non-hydrogen) atoms. The topological polar surface area (TPSA) is 110 Å². The molecule has 2 atom stereocenters. The SMILES string of the molecule is C[C@@H](NC(=O)CN1C(=O)N[C@@](C)(c2ccc3c(c2)OCCCO3)C1=O)c1cc2ccccc2o1. The van der Waals surface area contributed by atoms with E-state index in [1.165, 1.54) is 0 Å². The molecular formula is C25H25N3O6. The highest BCUT2D eigenvalue weighted by Gasteiger charge is 2.49. The van der Waals surface area contributed by atoms with Crippen molar-refractivity contribution in [3.8, 4) is 11.5 Å². The standard InChI is InChI=1S/C25H25N3O6/c1-15(20-12-16-6-3-4-7-18(16)34-20)26-22(29)14-28-23(30)25(2,27-24(28)31)17-8-9-19-21(13-17)33-11-5-10-32-19/h3-4,6-9,12-13,15H,5,10-11,14H2,1-2H3,(H,26,29)(H,27,31)/t15-,25+/m1/s1. The van der Waals surface area contributed by atoms with E-state index in [9.17, 15) is 14.4 Å². The summed E-state index contributed by atoms with van der Waals surface area (Å²) in [6, 6.07) is 13.5. The lowest BCUT2D eigenvalue weighted by Gasteiger charge is -2.23. The van der Waals surface area contributed by atoms with Crippen molar-refractivity contribution in [2.24, 2.45) is 0 Å². The van der Waals surface area contributed by atoms with Crippen LogP contribution >= 0.6 is 0 Å². The first-order valence-corrected chi connectivity index (χ1v) is 11.2. The van der Waals surface area contributed by atoms with Gasteiger partial charge in [-0.25, -0.2) is 4.79 Å². The van der Waals surface area contributed by atoms with Crippen LogP contribution in [0.3, 0.4) is 0 Å². The average molecular weight is 463 g/mol. The number of para-hydroxylation sites is 1. The fraction of sp³-hybridized carbons (Fsp3) is 0.320. The highest BCUT2D eigenvalue weighted by atomic mass is 16.5. The molecule has 3 aromatic rings. The van der Waals surface area contributed by atoms with Crippen LogP contribution in [0.2, 0.25) is 0 Å². The zero-order valence-corrected chi connectivity index (χ0v) is 18.9. The quantitative estimate of drug-likeness (QED) is 0.562. The second-order valence-electron chi connectivity index (χ2n) is 8.63. The number of rotatable bonds is 5. The highest BCUT2D eigenvalue weighted by Crippen LogP contribution is 2.36. The molecule has 9 nitrogen and oxygen atoms in total. The van der Waals surface area contributed by atoms with Gasteiger partial charge in [0.15, 0.2) is 11.5 Å². The van der Waals surface area contributed by atoms with Gasteiger partial charge in [0, 0.05) is 11.8 Å². The highest BCUT2D eigenvalue weighted by molar-refractivity contribution is 6.09. The van der Waals surface area contributed by atoms with Gasteiger partial charge in [0.1, 0.15) is 23.4 Å². The third-order valence-electron chi connectivity index (χ3n) is 6.15. The van der Waals surface area contributed by atoms with Crippen molar-refractivity contribution in [2.45, 2.75) is 31.8 Å². The lowest BCUT2D eigenvalue weighted by atomic mass is 9.91. The molecule has 0 radical (unpaired) electrons. The summed E-state index contributed by atoms with van der Waals surface area (Å²) in [6.45, 7) is 4.04. The monoisotopic (exact) mass is 463 g/mol. The summed E-state index contributed by atoms with van der Waals surface area (Å²) >= 11 is 0. The predicted molar refractivity (Wildman–Crippen MR) is 122 cm³/mol. The van der Waals surface area contributed by atoms with Crippen LogP contribution in [0.5, 0.6) is 11.5 Å². The molecule has 3 heterocycles. The number of hydrogen-bond donors (Lipinski definition) is 2. The Bertz CT molecular complexity index is 1250. The number of furan rings is 1. The van der Waals surface area contributed by atoms with Gasteiger partial charge in [0.2, 0.25) is 5.91 Å². The molecule has 0 unspecified atom stereocenters. The summed E-state index contributed by atoms with van der Waals surface area (Å²) < 4.78 is 17.2. The van der Waals surface area contributed by atoms with E-state index in [-0.39, 0.29) is 0 Å². The number of ether oxygens (including phenoxy) is 2. The molecule has 1 saturated heterocycles. The lowest BCUT2D eigenvalue weighted by molar-refractivity contribution is -0.135. The Morgan fingerprint density at radius 2 is 1.88 bits per heavy atom. The molecule has 0 spiro atoms. The Labute approximate surface area is 196 Å². The van der Waals surface area contributed by atoms with Crippen LogP contribution in [0.15, 0.2) is 52.9 Å². The van der Waals surface area contributed by atoms with Crippen molar-refractivity contribution in [1.29, 1.82) is 0 Å². The maximum atomic E-state index is 13.3. The van der Waals surface area contributed by atoms with Crippen LogP contribution in [0.4, 0.5) is 4.79 Å². The predicted octanol–water partition coefficient (Wildman–Crippen LogP) is 3.24. The number of amides is 4. The van der Waals surface area contributed by atoms with Crippen LogP contribution in [0.25, 0.3) is 11.0 Å². The Hall–Kier alpha value is -4.01. The minimum atomic E-state index is -1.33. The number of carbonyl (C=O) groups is 3. The van der Waals surface area contributed by atoms with E-state index >= 15 is 0 Å².